The molecule has 1 aliphatic heterocycles. The summed E-state index contributed by atoms with van der Waals surface area (Å²) in [5, 5.41) is 12.5. The minimum Gasteiger partial charge on any atom is -0.508 e. The maximum Gasteiger partial charge on any atom is 0.234 e. The summed E-state index contributed by atoms with van der Waals surface area (Å²) >= 11 is 0. The van der Waals surface area contributed by atoms with Crippen LogP contribution in [0.5, 0.6) is 5.75 Å². The molecule has 1 aromatic carbocycles. The van der Waals surface area contributed by atoms with Crippen molar-refractivity contribution >= 4 is 11.6 Å². The van der Waals surface area contributed by atoms with Crippen LogP contribution in [0.2, 0.25) is 0 Å². The van der Waals surface area contributed by atoms with Crippen LogP contribution in [0.4, 0.5) is 5.69 Å². The van der Waals surface area contributed by atoms with Gasteiger partial charge in [-0.25, -0.2) is 0 Å². The van der Waals surface area contributed by atoms with Crippen molar-refractivity contribution in [2.75, 3.05) is 18.5 Å². The minimum absolute atomic E-state index is 0.148. The van der Waals surface area contributed by atoms with Crippen LogP contribution in [0.1, 0.15) is 18.1 Å². The molecule has 1 aromatic rings. The van der Waals surface area contributed by atoms with Crippen molar-refractivity contribution in [3.05, 3.63) is 23.3 Å². The van der Waals surface area contributed by atoms with Crippen LogP contribution in [-0.4, -0.2) is 30.3 Å². The van der Waals surface area contributed by atoms with E-state index in [2.05, 4.69) is 5.32 Å². The van der Waals surface area contributed by atoms with Gasteiger partial charge in [0.2, 0.25) is 5.91 Å². The van der Waals surface area contributed by atoms with E-state index in [0.717, 1.165) is 11.1 Å². The molecule has 0 aliphatic carbocycles. The monoisotopic (exact) mass is 264 g/mol. The summed E-state index contributed by atoms with van der Waals surface area (Å²) in [5.41, 5.74) is 7.45. The predicted molar refractivity (Wildman–Crippen MR) is 73.1 cm³/mol. The second-order valence-corrected chi connectivity index (χ2v) is 5.45. The van der Waals surface area contributed by atoms with E-state index in [0.29, 0.717) is 18.9 Å². The van der Waals surface area contributed by atoms with Crippen LogP contribution >= 0.6 is 0 Å². The highest BCUT2D eigenvalue weighted by Crippen LogP contribution is 2.31. The van der Waals surface area contributed by atoms with Crippen LogP contribution < -0.4 is 11.1 Å². The maximum absolute atomic E-state index is 12.4. The van der Waals surface area contributed by atoms with Gasteiger partial charge in [0.1, 0.15) is 5.75 Å². The zero-order chi connectivity index (χ0) is 14.2. The van der Waals surface area contributed by atoms with Crippen molar-refractivity contribution in [1.29, 1.82) is 0 Å². The van der Waals surface area contributed by atoms with E-state index in [9.17, 15) is 9.90 Å². The van der Waals surface area contributed by atoms with E-state index < -0.39 is 5.41 Å². The lowest BCUT2D eigenvalue weighted by Gasteiger charge is -2.26. The highest BCUT2D eigenvalue weighted by Gasteiger charge is 2.44. The van der Waals surface area contributed by atoms with E-state index >= 15 is 0 Å². The van der Waals surface area contributed by atoms with Gasteiger partial charge in [0, 0.05) is 11.7 Å². The SMILES string of the molecule is Cc1cc(NC(=O)C2(C)COCC2N)c(C)cc1O. The summed E-state index contributed by atoms with van der Waals surface area (Å²) in [4.78, 5) is 12.4. The minimum atomic E-state index is -0.710. The fourth-order valence-corrected chi connectivity index (χ4v) is 2.12. The molecule has 0 aromatic heterocycles. The first-order chi connectivity index (χ1) is 8.84. The first-order valence-electron chi connectivity index (χ1n) is 6.29. The number of phenols is 1. The first kappa shape index (κ1) is 13.8. The number of carbonyl (C=O) groups is 1. The Morgan fingerprint density at radius 2 is 2.16 bits per heavy atom. The Bertz CT molecular complexity index is 516. The van der Waals surface area contributed by atoms with Gasteiger partial charge in [0.05, 0.1) is 18.6 Å². The quantitative estimate of drug-likeness (QED) is 0.703. The van der Waals surface area contributed by atoms with Crippen molar-refractivity contribution in [3.8, 4) is 5.75 Å². The van der Waals surface area contributed by atoms with Gasteiger partial charge in [-0.3, -0.25) is 4.79 Å². The lowest BCUT2D eigenvalue weighted by atomic mass is 9.84. The smallest absolute Gasteiger partial charge is 0.234 e. The number of nitrogens with two attached hydrogens (primary N) is 1. The van der Waals surface area contributed by atoms with Crippen LogP contribution in [0, 0.1) is 19.3 Å². The lowest BCUT2D eigenvalue weighted by Crippen LogP contribution is -2.47. The van der Waals surface area contributed by atoms with Gasteiger partial charge in [0.15, 0.2) is 0 Å². The van der Waals surface area contributed by atoms with Gasteiger partial charge in [-0.1, -0.05) is 0 Å². The van der Waals surface area contributed by atoms with E-state index in [1.54, 1.807) is 19.1 Å². The Kier molecular flexibility index (Phi) is 3.52. The number of hydrogen-bond donors (Lipinski definition) is 3. The van der Waals surface area contributed by atoms with Crippen LogP contribution in [0.3, 0.4) is 0 Å². The first-order valence-corrected chi connectivity index (χ1v) is 6.29. The molecule has 1 fully saturated rings. The third kappa shape index (κ3) is 2.43. The molecule has 1 heterocycles. The van der Waals surface area contributed by atoms with Gasteiger partial charge in [-0.2, -0.15) is 0 Å². The van der Waals surface area contributed by atoms with Crippen molar-refractivity contribution in [1.82, 2.24) is 0 Å². The Morgan fingerprint density at radius 1 is 1.47 bits per heavy atom. The fourth-order valence-electron chi connectivity index (χ4n) is 2.12. The number of phenolic OH excluding ortho intramolecular Hbond substituents is 1. The molecule has 104 valence electrons. The molecular weight excluding hydrogens is 244 g/mol. The Balaban J connectivity index is 2.22. The number of aromatic hydroxyl groups is 1. The average molecular weight is 264 g/mol. The molecule has 1 amide bonds. The Morgan fingerprint density at radius 3 is 2.74 bits per heavy atom. The molecule has 5 nitrogen and oxygen atoms in total. The number of nitrogens with one attached hydrogen (secondary N) is 1. The van der Waals surface area contributed by atoms with E-state index in [1.807, 2.05) is 13.8 Å². The molecule has 1 aliphatic rings. The van der Waals surface area contributed by atoms with Crippen molar-refractivity contribution in [2.24, 2.45) is 11.1 Å². The molecule has 1 saturated heterocycles. The third-order valence-electron chi connectivity index (χ3n) is 3.83. The lowest BCUT2D eigenvalue weighted by molar-refractivity contribution is -0.125. The molecule has 5 heteroatoms. The van der Waals surface area contributed by atoms with Crippen molar-refractivity contribution in [2.45, 2.75) is 26.8 Å². The summed E-state index contributed by atoms with van der Waals surface area (Å²) in [6.45, 7) is 6.16. The number of carbonyl (C=O) groups excluding carboxylic acids is 1. The highest BCUT2D eigenvalue weighted by atomic mass is 16.5. The zero-order valence-corrected chi connectivity index (χ0v) is 11.5. The number of benzene rings is 1. The van der Waals surface area contributed by atoms with Gasteiger partial charge in [0.25, 0.3) is 0 Å². The topological polar surface area (TPSA) is 84.6 Å². The molecule has 2 unspecified atom stereocenters. The number of amides is 1. The van der Waals surface area contributed by atoms with Gasteiger partial charge < -0.3 is 20.9 Å². The van der Waals surface area contributed by atoms with E-state index in [4.69, 9.17) is 10.5 Å². The fraction of sp³-hybridized carbons (Fsp3) is 0.500. The summed E-state index contributed by atoms with van der Waals surface area (Å²) in [7, 11) is 0. The number of anilines is 1. The summed E-state index contributed by atoms with van der Waals surface area (Å²) in [6, 6.07) is 3.09. The van der Waals surface area contributed by atoms with Gasteiger partial charge >= 0.3 is 0 Å². The average Bonchev–Trinajstić information content (AvgIpc) is 2.68. The molecule has 19 heavy (non-hydrogen) atoms. The largest absolute Gasteiger partial charge is 0.508 e. The summed E-state index contributed by atoms with van der Waals surface area (Å²) < 4.78 is 5.28. The van der Waals surface area contributed by atoms with E-state index in [1.165, 1.54) is 0 Å². The summed E-state index contributed by atoms with van der Waals surface area (Å²) in [5.74, 6) is 0.0771. The molecule has 0 spiro atoms. The van der Waals surface area contributed by atoms with Crippen molar-refractivity contribution < 1.29 is 14.6 Å². The number of aryl methyl sites for hydroxylation is 2. The second kappa shape index (κ2) is 4.83. The molecule has 2 atom stereocenters. The normalized spacial score (nSPS) is 26.4. The predicted octanol–water partition coefficient (Wildman–Crippen LogP) is 1.31. The second-order valence-electron chi connectivity index (χ2n) is 5.45. The van der Waals surface area contributed by atoms with Gasteiger partial charge in [-0.05, 0) is 44.0 Å². The van der Waals surface area contributed by atoms with Gasteiger partial charge in [-0.15, -0.1) is 0 Å². The van der Waals surface area contributed by atoms with Crippen LogP contribution in [-0.2, 0) is 9.53 Å². The maximum atomic E-state index is 12.4. The standard InChI is InChI=1S/C14H20N2O3/c1-8-5-11(17)9(2)4-10(8)16-13(18)14(3)7-19-6-12(14)15/h4-5,12,17H,6-7,15H2,1-3H3,(H,16,18). The Labute approximate surface area is 112 Å². The number of rotatable bonds is 2. The van der Waals surface area contributed by atoms with Crippen molar-refractivity contribution in [3.63, 3.8) is 0 Å². The number of ether oxygens (including phenoxy) is 1. The molecule has 0 bridgehead atoms. The Hall–Kier alpha value is -1.59. The number of hydrogen-bond acceptors (Lipinski definition) is 4. The molecule has 0 saturated carbocycles. The zero-order valence-electron chi connectivity index (χ0n) is 11.5. The van der Waals surface area contributed by atoms with Crippen LogP contribution in [0.25, 0.3) is 0 Å². The van der Waals surface area contributed by atoms with Crippen LogP contribution in [0.15, 0.2) is 12.1 Å². The molecule has 4 N–H and O–H groups in total. The van der Waals surface area contributed by atoms with E-state index in [-0.39, 0.29) is 17.7 Å². The molecular formula is C14H20N2O3. The summed E-state index contributed by atoms with van der Waals surface area (Å²) in [6.07, 6.45) is 0. The molecule has 0 radical (unpaired) electrons. The highest BCUT2D eigenvalue weighted by molar-refractivity contribution is 5.96. The third-order valence-corrected chi connectivity index (χ3v) is 3.83. The molecule has 2 rings (SSSR count).